The molecule has 4 nitrogen and oxygen atoms in total. The highest BCUT2D eigenvalue weighted by molar-refractivity contribution is 7.13. The number of carbonyl (C=O) groups excluding carboxylic acids is 2. The quantitative estimate of drug-likeness (QED) is 0.200. The van der Waals surface area contributed by atoms with Crippen molar-refractivity contribution in [2.45, 2.75) is 13.0 Å². The van der Waals surface area contributed by atoms with Gasteiger partial charge >= 0.3 is 5.97 Å². The molecular weight excluding hydrogens is 442 g/mol. The molecule has 0 aliphatic heterocycles. The Hall–Kier alpha value is -4.09. The van der Waals surface area contributed by atoms with Crippen LogP contribution in [0.1, 0.15) is 37.9 Å². The Morgan fingerprint density at radius 3 is 2.32 bits per heavy atom. The predicted molar refractivity (Wildman–Crippen MR) is 135 cm³/mol. The third-order valence-electron chi connectivity index (χ3n) is 5.61. The Morgan fingerprint density at radius 1 is 0.853 bits per heavy atom. The van der Waals surface area contributed by atoms with Crippen molar-refractivity contribution in [3.63, 3.8) is 0 Å². The number of ether oxygens (including phenoxy) is 1. The molecule has 0 unspecified atom stereocenters. The van der Waals surface area contributed by atoms with Gasteiger partial charge in [-0.1, -0.05) is 84.4 Å². The van der Waals surface area contributed by atoms with Gasteiger partial charge in [0.15, 0.2) is 6.10 Å². The smallest absolute Gasteiger partial charge is 0.339 e. The molecule has 0 spiro atoms. The summed E-state index contributed by atoms with van der Waals surface area (Å²) in [6, 6.07) is 29.5. The number of esters is 1. The summed E-state index contributed by atoms with van der Waals surface area (Å²) in [7, 11) is 0. The van der Waals surface area contributed by atoms with E-state index in [4.69, 9.17) is 9.72 Å². The zero-order valence-corrected chi connectivity index (χ0v) is 19.3. The summed E-state index contributed by atoms with van der Waals surface area (Å²) < 4.78 is 5.94. The van der Waals surface area contributed by atoms with Crippen LogP contribution in [0.15, 0.2) is 102 Å². The fourth-order valence-electron chi connectivity index (χ4n) is 3.84. The van der Waals surface area contributed by atoms with Crippen LogP contribution in [-0.4, -0.2) is 16.7 Å². The van der Waals surface area contributed by atoms with Crippen LogP contribution in [0.25, 0.3) is 21.5 Å². The van der Waals surface area contributed by atoms with E-state index in [0.29, 0.717) is 33.3 Å². The number of carbonyl (C=O) groups is 2. The van der Waals surface area contributed by atoms with Crippen LogP contribution < -0.4 is 0 Å². The molecule has 2 heterocycles. The second-order valence-corrected chi connectivity index (χ2v) is 8.92. The second-order valence-electron chi connectivity index (χ2n) is 7.98. The molecular formula is C29H21NO3S. The largest absolute Gasteiger partial charge is 0.445 e. The van der Waals surface area contributed by atoms with E-state index in [0.717, 1.165) is 10.4 Å². The molecule has 0 saturated carbocycles. The molecule has 0 amide bonds. The Bertz CT molecular complexity index is 1460. The standard InChI is InChI=1S/C29H21NO3S/c1-19-13-15-20(16-14-19)27(31)28(21-8-3-2-4-9-21)33-29(32)23-18-25(26-12-7-17-34-26)30-24-11-6-5-10-22(23)24/h2-18,28H,1H3/t28-/m1/s1. The molecule has 5 heteroatoms. The number of rotatable bonds is 6. The normalized spacial score (nSPS) is 11.8. The van der Waals surface area contributed by atoms with E-state index in [2.05, 4.69) is 0 Å². The van der Waals surface area contributed by atoms with E-state index in [1.807, 2.05) is 79.0 Å². The van der Waals surface area contributed by atoms with Gasteiger partial charge in [-0.25, -0.2) is 9.78 Å². The molecule has 0 fully saturated rings. The van der Waals surface area contributed by atoms with Gasteiger partial charge in [-0.05, 0) is 30.5 Å². The number of pyridine rings is 1. The van der Waals surface area contributed by atoms with Crippen molar-refractivity contribution in [3.05, 3.63) is 125 Å². The van der Waals surface area contributed by atoms with Gasteiger partial charge in [-0.2, -0.15) is 0 Å². The van der Waals surface area contributed by atoms with Crippen LogP contribution in [0.3, 0.4) is 0 Å². The van der Waals surface area contributed by atoms with Gasteiger partial charge in [0.1, 0.15) is 0 Å². The topological polar surface area (TPSA) is 56.3 Å². The SMILES string of the molecule is Cc1ccc(C(=O)[C@H](OC(=O)c2cc(-c3cccs3)nc3ccccc23)c2ccccc2)cc1. The Morgan fingerprint density at radius 2 is 1.59 bits per heavy atom. The maximum atomic E-state index is 13.6. The van der Waals surface area contributed by atoms with Gasteiger partial charge in [-0.15, -0.1) is 11.3 Å². The molecule has 0 N–H and O–H groups in total. The number of nitrogens with zero attached hydrogens (tertiary/aromatic N) is 1. The molecule has 0 aliphatic rings. The number of hydrogen-bond donors (Lipinski definition) is 0. The maximum Gasteiger partial charge on any atom is 0.339 e. The van der Waals surface area contributed by atoms with Gasteiger partial charge < -0.3 is 4.74 Å². The van der Waals surface area contributed by atoms with Crippen molar-refractivity contribution in [2.75, 3.05) is 0 Å². The van der Waals surface area contributed by atoms with Crippen molar-refractivity contribution in [1.29, 1.82) is 0 Å². The van der Waals surface area contributed by atoms with E-state index < -0.39 is 12.1 Å². The maximum absolute atomic E-state index is 13.6. The lowest BCUT2D eigenvalue weighted by molar-refractivity contribution is 0.0282. The summed E-state index contributed by atoms with van der Waals surface area (Å²) in [5, 5.41) is 2.65. The van der Waals surface area contributed by atoms with Gasteiger partial charge in [0.05, 0.1) is 21.7 Å². The van der Waals surface area contributed by atoms with Crippen LogP contribution in [0, 0.1) is 6.92 Å². The summed E-state index contributed by atoms with van der Waals surface area (Å²) in [5.41, 5.74) is 3.94. The number of para-hydroxylation sites is 1. The van der Waals surface area contributed by atoms with E-state index in [1.54, 1.807) is 41.7 Å². The van der Waals surface area contributed by atoms with Crippen LogP contribution in [0.2, 0.25) is 0 Å². The molecule has 2 aromatic heterocycles. The number of benzene rings is 3. The van der Waals surface area contributed by atoms with Gasteiger partial charge in [0.25, 0.3) is 0 Å². The Kier molecular flexibility index (Phi) is 6.02. The van der Waals surface area contributed by atoms with Crippen molar-refractivity contribution < 1.29 is 14.3 Å². The number of thiophene rings is 1. The molecule has 0 radical (unpaired) electrons. The van der Waals surface area contributed by atoms with Crippen molar-refractivity contribution in [1.82, 2.24) is 4.98 Å². The molecule has 0 aliphatic carbocycles. The van der Waals surface area contributed by atoms with Crippen molar-refractivity contribution in [2.24, 2.45) is 0 Å². The first-order valence-electron chi connectivity index (χ1n) is 10.9. The minimum Gasteiger partial charge on any atom is -0.445 e. The van der Waals surface area contributed by atoms with Gasteiger partial charge in [0.2, 0.25) is 5.78 Å². The van der Waals surface area contributed by atoms with Crippen LogP contribution in [-0.2, 0) is 4.74 Å². The summed E-state index contributed by atoms with van der Waals surface area (Å²) in [5.74, 6) is -0.831. The molecule has 0 bridgehead atoms. The summed E-state index contributed by atoms with van der Waals surface area (Å²) in [4.78, 5) is 32.7. The first-order chi connectivity index (χ1) is 16.6. The van der Waals surface area contributed by atoms with Crippen LogP contribution in [0.5, 0.6) is 0 Å². The number of fused-ring (bicyclic) bond motifs is 1. The highest BCUT2D eigenvalue weighted by atomic mass is 32.1. The zero-order valence-electron chi connectivity index (χ0n) is 18.5. The summed E-state index contributed by atoms with van der Waals surface area (Å²) >= 11 is 1.55. The third kappa shape index (κ3) is 4.38. The fraction of sp³-hybridized carbons (Fsp3) is 0.0690. The molecule has 0 saturated heterocycles. The molecule has 5 rings (SSSR count). The first kappa shape index (κ1) is 21.7. The van der Waals surface area contributed by atoms with Crippen LogP contribution >= 0.6 is 11.3 Å². The van der Waals surface area contributed by atoms with Gasteiger partial charge in [-0.3, -0.25) is 4.79 Å². The highest BCUT2D eigenvalue weighted by Gasteiger charge is 2.28. The molecule has 34 heavy (non-hydrogen) atoms. The Balaban J connectivity index is 1.56. The van der Waals surface area contributed by atoms with E-state index in [-0.39, 0.29) is 5.78 Å². The highest BCUT2D eigenvalue weighted by Crippen LogP contribution is 2.30. The number of aryl methyl sites for hydroxylation is 1. The second kappa shape index (κ2) is 9.41. The minimum atomic E-state index is -1.06. The van der Waals surface area contributed by atoms with Crippen LogP contribution in [0.4, 0.5) is 0 Å². The lowest BCUT2D eigenvalue weighted by Crippen LogP contribution is -2.20. The zero-order chi connectivity index (χ0) is 23.5. The van der Waals surface area contributed by atoms with E-state index >= 15 is 0 Å². The van der Waals surface area contributed by atoms with Crippen molar-refractivity contribution >= 4 is 34.0 Å². The van der Waals surface area contributed by atoms with Crippen molar-refractivity contribution in [3.8, 4) is 10.6 Å². The fourth-order valence-corrected chi connectivity index (χ4v) is 4.52. The molecule has 3 aromatic carbocycles. The first-order valence-corrected chi connectivity index (χ1v) is 11.8. The average Bonchev–Trinajstić information content (AvgIpc) is 3.42. The van der Waals surface area contributed by atoms with Gasteiger partial charge in [0, 0.05) is 16.5 Å². The predicted octanol–water partition coefficient (Wildman–Crippen LogP) is 7.05. The number of Topliss-reactive ketones (excluding diaryl/α,β-unsaturated/α-hetero) is 1. The molecule has 5 aromatic rings. The Labute approximate surface area is 201 Å². The monoisotopic (exact) mass is 463 g/mol. The average molecular weight is 464 g/mol. The lowest BCUT2D eigenvalue weighted by atomic mass is 9.99. The number of ketones is 1. The third-order valence-corrected chi connectivity index (χ3v) is 6.50. The van der Waals surface area contributed by atoms with E-state index in [1.165, 1.54) is 0 Å². The summed E-state index contributed by atoms with van der Waals surface area (Å²) in [6.07, 6.45) is -1.06. The molecule has 166 valence electrons. The minimum absolute atomic E-state index is 0.267. The number of aromatic nitrogens is 1. The van der Waals surface area contributed by atoms with E-state index in [9.17, 15) is 9.59 Å². The summed E-state index contributed by atoms with van der Waals surface area (Å²) in [6.45, 7) is 1.96. The number of hydrogen-bond acceptors (Lipinski definition) is 5. The lowest BCUT2D eigenvalue weighted by Gasteiger charge is -2.18. The molecule has 1 atom stereocenters.